The SMILES string of the molecule is O=C(O)c1ccccc1C[C@@H](CO)NC[C@H](O)COc1ccccc1. The lowest BCUT2D eigenvalue weighted by Gasteiger charge is -2.20. The Morgan fingerprint density at radius 2 is 1.76 bits per heavy atom. The number of carboxylic acid groups (broad SMARTS) is 1. The summed E-state index contributed by atoms with van der Waals surface area (Å²) in [7, 11) is 0. The van der Waals surface area contributed by atoms with Gasteiger partial charge in [0.15, 0.2) is 0 Å². The van der Waals surface area contributed by atoms with Crippen molar-refractivity contribution >= 4 is 5.97 Å². The van der Waals surface area contributed by atoms with Crippen molar-refractivity contribution in [3.63, 3.8) is 0 Å². The van der Waals surface area contributed by atoms with Gasteiger partial charge in [0.1, 0.15) is 18.5 Å². The van der Waals surface area contributed by atoms with Gasteiger partial charge in [-0.3, -0.25) is 0 Å². The molecule has 0 saturated heterocycles. The standard InChI is InChI=1S/C19H23NO5/c21-12-15(10-14-6-4-5-9-18(14)19(23)24)20-11-16(22)13-25-17-7-2-1-3-8-17/h1-9,15-16,20-22H,10-13H2,(H,23,24)/t15-,16-/m0/s1. The number of aliphatic hydroxyl groups excluding tert-OH is 2. The summed E-state index contributed by atoms with van der Waals surface area (Å²) in [6.45, 7) is 0.189. The van der Waals surface area contributed by atoms with Gasteiger partial charge in [0, 0.05) is 12.6 Å². The molecular weight excluding hydrogens is 322 g/mol. The first-order valence-corrected chi connectivity index (χ1v) is 8.11. The van der Waals surface area contributed by atoms with Crippen molar-refractivity contribution in [2.45, 2.75) is 18.6 Å². The number of nitrogens with one attached hydrogen (secondary N) is 1. The van der Waals surface area contributed by atoms with Gasteiger partial charge < -0.3 is 25.4 Å². The van der Waals surface area contributed by atoms with E-state index in [4.69, 9.17) is 4.74 Å². The maximum absolute atomic E-state index is 11.2. The van der Waals surface area contributed by atoms with Crippen LogP contribution in [-0.2, 0) is 6.42 Å². The van der Waals surface area contributed by atoms with E-state index in [1.165, 1.54) is 6.07 Å². The molecule has 0 saturated carbocycles. The Labute approximate surface area is 146 Å². The molecule has 6 heteroatoms. The minimum atomic E-state index is -0.997. The van der Waals surface area contributed by atoms with Crippen molar-refractivity contribution in [2.24, 2.45) is 0 Å². The highest BCUT2D eigenvalue weighted by molar-refractivity contribution is 5.89. The first kappa shape index (κ1) is 18.9. The van der Waals surface area contributed by atoms with E-state index in [-0.39, 0.29) is 31.4 Å². The molecule has 0 fully saturated rings. The number of ether oxygens (including phenoxy) is 1. The first-order chi connectivity index (χ1) is 12.1. The first-order valence-electron chi connectivity index (χ1n) is 8.11. The van der Waals surface area contributed by atoms with Crippen LogP contribution in [0.5, 0.6) is 5.75 Å². The Hall–Kier alpha value is -2.41. The number of carbonyl (C=O) groups is 1. The van der Waals surface area contributed by atoms with Gasteiger partial charge in [0.2, 0.25) is 0 Å². The topological polar surface area (TPSA) is 99.0 Å². The van der Waals surface area contributed by atoms with E-state index < -0.39 is 12.1 Å². The molecule has 0 amide bonds. The van der Waals surface area contributed by atoms with Crippen molar-refractivity contribution in [3.8, 4) is 5.75 Å². The maximum Gasteiger partial charge on any atom is 0.335 e. The van der Waals surface area contributed by atoms with Crippen molar-refractivity contribution < 1.29 is 24.9 Å². The van der Waals surface area contributed by atoms with E-state index in [1.54, 1.807) is 30.3 Å². The Kier molecular flexibility index (Phi) is 7.40. The highest BCUT2D eigenvalue weighted by atomic mass is 16.5. The summed E-state index contributed by atoms with van der Waals surface area (Å²) in [6, 6.07) is 15.5. The van der Waals surface area contributed by atoms with Crippen LogP contribution in [0.15, 0.2) is 54.6 Å². The average molecular weight is 345 g/mol. The molecule has 0 aliphatic rings. The molecule has 25 heavy (non-hydrogen) atoms. The summed E-state index contributed by atoms with van der Waals surface area (Å²) in [5, 5.41) is 31.8. The molecular formula is C19H23NO5. The van der Waals surface area contributed by atoms with Crippen molar-refractivity contribution in [3.05, 3.63) is 65.7 Å². The molecule has 0 radical (unpaired) electrons. The second kappa shape index (κ2) is 9.78. The fourth-order valence-electron chi connectivity index (χ4n) is 2.44. The Morgan fingerprint density at radius 3 is 2.44 bits per heavy atom. The lowest BCUT2D eigenvalue weighted by Crippen LogP contribution is -2.41. The van der Waals surface area contributed by atoms with Gasteiger partial charge in [-0.25, -0.2) is 4.79 Å². The highest BCUT2D eigenvalue weighted by Gasteiger charge is 2.15. The molecule has 6 nitrogen and oxygen atoms in total. The molecule has 0 unspecified atom stereocenters. The minimum absolute atomic E-state index is 0.126. The predicted octanol–water partition coefficient (Wildman–Crippen LogP) is 1.32. The van der Waals surface area contributed by atoms with Crippen LogP contribution in [0.1, 0.15) is 15.9 Å². The van der Waals surface area contributed by atoms with Gasteiger partial charge in [0.25, 0.3) is 0 Å². The highest BCUT2D eigenvalue weighted by Crippen LogP contribution is 2.12. The lowest BCUT2D eigenvalue weighted by molar-refractivity contribution is 0.0694. The van der Waals surface area contributed by atoms with Crippen LogP contribution in [0, 0.1) is 0 Å². The third-order valence-electron chi connectivity index (χ3n) is 3.76. The Bertz CT molecular complexity index is 662. The van der Waals surface area contributed by atoms with Crippen LogP contribution in [-0.4, -0.2) is 53.2 Å². The van der Waals surface area contributed by atoms with Crippen molar-refractivity contribution in [1.82, 2.24) is 5.32 Å². The molecule has 0 heterocycles. The van der Waals surface area contributed by atoms with Crippen LogP contribution in [0.2, 0.25) is 0 Å². The van der Waals surface area contributed by atoms with Crippen molar-refractivity contribution in [2.75, 3.05) is 19.8 Å². The zero-order valence-corrected chi connectivity index (χ0v) is 13.8. The molecule has 0 aromatic heterocycles. The number of para-hydroxylation sites is 1. The molecule has 2 aromatic rings. The van der Waals surface area contributed by atoms with Gasteiger partial charge in [0.05, 0.1) is 12.2 Å². The molecule has 4 N–H and O–H groups in total. The third kappa shape index (κ3) is 6.19. The molecule has 0 aliphatic heterocycles. The second-order valence-corrected chi connectivity index (χ2v) is 5.73. The van der Waals surface area contributed by atoms with E-state index >= 15 is 0 Å². The van der Waals surface area contributed by atoms with E-state index in [2.05, 4.69) is 5.32 Å². The van der Waals surface area contributed by atoms with E-state index in [1.807, 2.05) is 18.2 Å². The molecule has 0 spiro atoms. The maximum atomic E-state index is 11.2. The lowest BCUT2D eigenvalue weighted by atomic mass is 10.0. The smallest absolute Gasteiger partial charge is 0.335 e. The zero-order chi connectivity index (χ0) is 18.1. The number of carboxylic acids is 1. The number of hydrogen-bond acceptors (Lipinski definition) is 5. The zero-order valence-electron chi connectivity index (χ0n) is 13.8. The van der Waals surface area contributed by atoms with E-state index in [9.17, 15) is 20.1 Å². The van der Waals surface area contributed by atoms with Gasteiger partial charge >= 0.3 is 5.97 Å². The van der Waals surface area contributed by atoms with Crippen LogP contribution in [0.25, 0.3) is 0 Å². The fraction of sp³-hybridized carbons (Fsp3) is 0.316. The number of rotatable bonds is 10. The minimum Gasteiger partial charge on any atom is -0.491 e. The van der Waals surface area contributed by atoms with Gasteiger partial charge in [-0.05, 0) is 30.2 Å². The number of aliphatic hydroxyl groups is 2. The largest absolute Gasteiger partial charge is 0.491 e. The second-order valence-electron chi connectivity index (χ2n) is 5.73. The monoisotopic (exact) mass is 345 g/mol. The number of benzene rings is 2. The summed E-state index contributed by atoms with van der Waals surface area (Å²) in [5.41, 5.74) is 0.854. The summed E-state index contributed by atoms with van der Waals surface area (Å²) in [4.78, 5) is 11.2. The molecule has 134 valence electrons. The van der Waals surface area contributed by atoms with Crippen LogP contribution in [0.4, 0.5) is 0 Å². The van der Waals surface area contributed by atoms with Crippen LogP contribution >= 0.6 is 0 Å². The van der Waals surface area contributed by atoms with Crippen LogP contribution < -0.4 is 10.1 Å². The summed E-state index contributed by atoms with van der Waals surface area (Å²) in [6.07, 6.45) is -0.394. The van der Waals surface area contributed by atoms with E-state index in [0.29, 0.717) is 17.7 Å². The van der Waals surface area contributed by atoms with E-state index in [0.717, 1.165) is 0 Å². The Balaban J connectivity index is 1.82. The third-order valence-corrected chi connectivity index (χ3v) is 3.76. The fourth-order valence-corrected chi connectivity index (χ4v) is 2.44. The van der Waals surface area contributed by atoms with Crippen LogP contribution in [0.3, 0.4) is 0 Å². The van der Waals surface area contributed by atoms with Gasteiger partial charge in [-0.1, -0.05) is 36.4 Å². The number of aromatic carboxylic acids is 1. The number of hydrogen-bond donors (Lipinski definition) is 4. The molecule has 2 atom stereocenters. The molecule has 0 aliphatic carbocycles. The van der Waals surface area contributed by atoms with Gasteiger partial charge in [-0.15, -0.1) is 0 Å². The summed E-state index contributed by atoms with van der Waals surface area (Å²) in [5.74, 6) is -0.320. The Morgan fingerprint density at radius 1 is 1.08 bits per heavy atom. The quantitative estimate of drug-likeness (QED) is 0.518. The summed E-state index contributed by atoms with van der Waals surface area (Å²) >= 11 is 0. The van der Waals surface area contributed by atoms with Gasteiger partial charge in [-0.2, -0.15) is 0 Å². The van der Waals surface area contributed by atoms with Crippen molar-refractivity contribution in [1.29, 1.82) is 0 Å². The summed E-state index contributed by atoms with van der Waals surface area (Å²) < 4.78 is 5.47. The normalized spacial score (nSPS) is 13.2. The molecule has 2 aromatic carbocycles. The molecule has 2 rings (SSSR count). The molecule has 0 bridgehead atoms. The average Bonchev–Trinajstić information content (AvgIpc) is 2.64. The predicted molar refractivity (Wildman–Crippen MR) is 93.9 cm³/mol.